The summed E-state index contributed by atoms with van der Waals surface area (Å²) in [6, 6.07) is 7.20. The van der Waals surface area contributed by atoms with E-state index >= 15 is 0 Å². The largest absolute Gasteiger partial charge is 0.477 e. The quantitative estimate of drug-likeness (QED) is 0.801. The van der Waals surface area contributed by atoms with Gasteiger partial charge in [-0.05, 0) is 55.0 Å². The van der Waals surface area contributed by atoms with Gasteiger partial charge in [-0.25, -0.2) is 14.2 Å². The fourth-order valence-electron chi connectivity index (χ4n) is 2.78. The number of aromatic nitrogens is 2. The minimum Gasteiger partial charge on any atom is -0.477 e. The minimum atomic E-state index is -1.01. The number of aryl methyl sites for hydroxylation is 3. The number of pyridine rings is 1. The van der Waals surface area contributed by atoms with Gasteiger partial charge < -0.3 is 5.11 Å². The number of benzene rings is 1. The maximum absolute atomic E-state index is 14.3. The van der Waals surface area contributed by atoms with Crippen molar-refractivity contribution in [3.05, 3.63) is 70.4 Å². The monoisotopic (exact) mass is 312 g/mol. The average molecular weight is 312 g/mol. The maximum atomic E-state index is 14.3. The van der Waals surface area contributed by atoms with Crippen LogP contribution in [0.5, 0.6) is 0 Å². The van der Waals surface area contributed by atoms with E-state index in [1.54, 1.807) is 41.9 Å². The number of carboxylic acid groups (broad SMARTS) is 1. The van der Waals surface area contributed by atoms with Crippen LogP contribution in [0.3, 0.4) is 0 Å². The highest BCUT2D eigenvalue weighted by atomic mass is 19.1. The highest BCUT2D eigenvalue weighted by Crippen LogP contribution is 2.20. The van der Waals surface area contributed by atoms with Gasteiger partial charge in [0.1, 0.15) is 17.2 Å². The van der Waals surface area contributed by atoms with E-state index < -0.39 is 5.97 Å². The lowest BCUT2D eigenvalue weighted by Crippen LogP contribution is -2.10. The van der Waals surface area contributed by atoms with Crippen molar-refractivity contribution in [3.8, 4) is 0 Å². The molecule has 0 aliphatic rings. The van der Waals surface area contributed by atoms with Crippen molar-refractivity contribution < 1.29 is 14.3 Å². The Bertz CT molecular complexity index is 899. The van der Waals surface area contributed by atoms with Crippen LogP contribution in [0.25, 0.3) is 5.65 Å². The number of halogens is 1. The minimum absolute atomic E-state index is 0.184. The summed E-state index contributed by atoms with van der Waals surface area (Å²) in [5.74, 6) is -1.21. The lowest BCUT2D eigenvalue weighted by Gasteiger charge is -2.11. The molecule has 2 aromatic heterocycles. The number of aromatic carboxylic acids is 1. The van der Waals surface area contributed by atoms with Crippen LogP contribution in [0.1, 0.15) is 32.7 Å². The molecule has 0 aliphatic heterocycles. The molecular weight excluding hydrogens is 295 g/mol. The molecule has 0 spiro atoms. The molecule has 0 amide bonds. The van der Waals surface area contributed by atoms with E-state index in [0.717, 1.165) is 5.56 Å². The molecule has 4 nitrogen and oxygen atoms in total. The number of fused-ring (bicyclic) bond motifs is 1. The Labute approximate surface area is 133 Å². The molecule has 2 heterocycles. The summed E-state index contributed by atoms with van der Waals surface area (Å²) >= 11 is 0. The Morgan fingerprint density at radius 2 is 1.87 bits per heavy atom. The van der Waals surface area contributed by atoms with Gasteiger partial charge in [0.05, 0.1) is 0 Å². The van der Waals surface area contributed by atoms with Crippen LogP contribution in [0.4, 0.5) is 4.39 Å². The average Bonchev–Trinajstić information content (AvgIpc) is 2.99. The summed E-state index contributed by atoms with van der Waals surface area (Å²) in [6.07, 6.45) is 4.09. The molecule has 0 bridgehead atoms. The zero-order chi connectivity index (χ0) is 16.6. The third-order valence-electron chi connectivity index (χ3n) is 4.25. The van der Waals surface area contributed by atoms with Crippen molar-refractivity contribution >= 4 is 11.6 Å². The summed E-state index contributed by atoms with van der Waals surface area (Å²) < 4.78 is 15.8. The van der Waals surface area contributed by atoms with Crippen LogP contribution in [0.15, 0.2) is 36.7 Å². The van der Waals surface area contributed by atoms with Crippen LogP contribution in [-0.2, 0) is 12.8 Å². The number of carbonyl (C=O) groups is 1. The first-order chi connectivity index (χ1) is 11.0. The first kappa shape index (κ1) is 15.2. The molecule has 118 valence electrons. The van der Waals surface area contributed by atoms with Crippen LogP contribution in [-0.4, -0.2) is 20.5 Å². The van der Waals surface area contributed by atoms with Gasteiger partial charge in [-0.1, -0.05) is 18.2 Å². The van der Waals surface area contributed by atoms with Crippen LogP contribution >= 0.6 is 0 Å². The molecule has 0 aliphatic carbocycles. The number of hydrogen-bond donors (Lipinski definition) is 1. The lowest BCUT2D eigenvalue weighted by atomic mass is 9.99. The standard InChI is InChI=1S/C18H17FN2O2/c1-11-3-4-13(16(19)12(11)2)5-6-14-7-8-15-20-9-10-21(15)17(14)18(22)23/h3-4,7-10H,5-6H2,1-2H3,(H,22,23). The predicted molar refractivity (Wildman–Crippen MR) is 85.4 cm³/mol. The Morgan fingerprint density at radius 3 is 2.61 bits per heavy atom. The van der Waals surface area contributed by atoms with Crippen molar-refractivity contribution in [2.75, 3.05) is 0 Å². The molecule has 5 heteroatoms. The summed E-state index contributed by atoms with van der Waals surface area (Å²) in [5, 5.41) is 9.49. The van der Waals surface area contributed by atoms with Crippen LogP contribution in [0, 0.1) is 19.7 Å². The topological polar surface area (TPSA) is 54.6 Å². The zero-order valence-electron chi connectivity index (χ0n) is 13.0. The van der Waals surface area contributed by atoms with Crippen molar-refractivity contribution in [1.29, 1.82) is 0 Å². The van der Waals surface area contributed by atoms with Crippen LogP contribution < -0.4 is 0 Å². The molecule has 1 N–H and O–H groups in total. The molecule has 0 saturated carbocycles. The zero-order valence-corrected chi connectivity index (χ0v) is 13.0. The third kappa shape index (κ3) is 2.70. The SMILES string of the molecule is Cc1ccc(CCc2ccc3nccn3c2C(=O)O)c(F)c1C. The second kappa shape index (κ2) is 5.83. The van der Waals surface area contributed by atoms with E-state index in [1.807, 2.05) is 13.0 Å². The van der Waals surface area contributed by atoms with E-state index in [-0.39, 0.29) is 11.5 Å². The van der Waals surface area contributed by atoms with E-state index in [4.69, 9.17) is 0 Å². The van der Waals surface area contributed by atoms with Gasteiger partial charge in [0.25, 0.3) is 0 Å². The van der Waals surface area contributed by atoms with E-state index in [0.29, 0.717) is 35.2 Å². The fraction of sp³-hybridized carbons (Fsp3) is 0.222. The molecule has 0 unspecified atom stereocenters. The van der Waals surface area contributed by atoms with E-state index in [2.05, 4.69) is 4.98 Å². The van der Waals surface area contributed by atoms with Gasteiger partial charge in [0.15, 0.2) is 0 Å². The molecule has 3 rings (SSSR count). The normalized spacial score (nSPS) is 11.1. The fourth-order valence-corrected chi connectivity index (χ4v) is 2.78. The molecule has 0 saturated heterocycles. The second-order valence-corrected chi connectivity index (χ2v) is 5.65. The number of carboxylic acids is 1. The summed E-state index contributed by atoms with van der Waals surface area (Å²) in [4.78, 5) is 15.7. The molecule has 1 aromatic carbocycles. The highest BCUT2D eigenvalue weighted by Gasteiger charge is 2.16. The summed E-state index contributed by atoms with van der Waals surface area (Å²) in [6.45, 7) is 3.63. The van der Waals surface area contributed by atoms with Crippen LogP contribution in [0.2, 0.25) is 0 Å². The smallest absolute Gasteiger partial charge is 0.353 e. The molecule has 0 atom stereocenters. The van der Waals surface area contributed by atoms with Crippen molar-refractivity contribution in [2.24, 2.45) is 0 Å². The van der Waals surface area contributed by atoms with Crippen molar-refractivity contribution in [2.45, 2.75) is 26.7 Å². The second-order valence-electron chi connectivity index (χ2n) is 5.65. The summed E-state index contributed by atoms with van der Waals surface area (Å²) in [5.41, 5.74) is 3.60. The summed E-state index contributed by atoms with van der Waals surface area (Å²) in [7, 11) is 0. The van der Waals surface area contributed by atoms with E-state index in [9.17, 15) is 14.3 Å². The van der Waals surface area contributed by atoms with Crippen molar-refractivity contribution in [1.82, 2.24) is 9.38 Å². The number of hydrogen-bond acceptors (Lipinski definition) is 2. The molecule has 0 fully saturated rings. The molecule has 23 heavy (non-hydrogen) atoms. The predicted octanol–water partition coefficient (Wildman–Crippen LogP) is 3.57. The van der Waals surface area contributed by atoms with Crippen molar-refractivity contribution in [3.63, 3.8) is 0 Å². The van der Waals surface area contributed by atoms with Gasteiger partial charge in [0.2, 0.25) is 0 Å². The number of nitrogens with zero attached hydrogens (tertiary/aromatic N) is 2. The molecular formula is C18H17FN2O2. The number of rotatable bonds is 4. The third-order valence-corrected chi connectivity index (χ3v) is 4.25. The Balaban J connectivity index is 1.95. The Kier molecular flexibility index (Phi) is 3.86. The van der Waals surface area contributed by atoms with Gasteiger partial charge in [-0.3, -0.25) is 4.40 Å². The lowest BCUT2D eigenvalue weighted by molar-refractivity contribution is 0.0687. The first-order valence-corrected chi connectivity index (χ1v) is 7.42. The first-order valence-electron chi connectivity index (χ1n) is 7.42. The van der Waals surface area contributed by atoms with Gasteiger partial charge >= 0.3 is 5.97 Å². The number of imidazole rings is 1. The Morgan fingerprint density at radius 1 is 1.17 bits per heavy atom. The van der Waals surface area contributed by atoms with Gasteiger partial charge in [-0.15, -0.1) is 0 Å². The van der Waals surface area contributed by atoms with Gasteiger partial charge in [-0.2, -0.15) is 0 Å². The Hall–Kier alpha value is -2.69. The molecule has 3 aromatic rings. The van der Waals surface area contributed by atoms with Gasteiger partial charge in [0, 0.05) is 12.4 Å². The molecule has 0 radical (unpaired) electrons. The van der Waals surface area contributed by atoms with E-state index in [1.165, 1.54) is 0 Å². The maximum Gasteiger partial charge on any atom is 0.353 e. The highest BCUT2D eigenvalue weighted by molar-refractivity contribution is 5.88.